The van der Waals surface area contributed by atoms with Gasteiger partial charge in [-0.1, -0.05) is 13.3 Å². The minimum absolute atomic E-state index is 0.145. The largest absolute Gasteiger partial charge is 0.327 e. The van der Waals surface area contributed by atoms with Crippen LogP contribution >= 0.6 is 0 Å². The molecule has 6 nitrogen and oxygen atoms in total. The summed E-state index contributed by atoms with van der Waals surface area (Å²) in [5, 5.41) is 11.3. The molecule has 80 valence electrons. The maximum absolute atomic E-state index is 5.97. The normalized spacial score (nSPS) is 13.2. The average molecular weight is 206 g/mol. The van der Waals surface area contributed by atoms with Crippen LogP contribution in [0.5, 0.6) is 0 Å². The molecule has 6 heteroatoms. The third-order valence-electron chi connectivity index (χ3n) is 2.31. The lowest BCUT2D eigenvalue weighted by molar-refractivity contribution is 0.581. The molecule has 0 amide bonds. The van der Waals surface area contributed by atoms with E-state index in [1.165, 1.54) is 0 Å². The molecule has 0 bridgehead atoms. The first-order valence-electron chi connectivity index (χ1n) is 5.08. The van der Waals surface area contributed by atoms with Gasteiger partial charge in [0, 0.05) is 18.7 Å². The molecule has 0 aliphatic rings. The van der Waals surface area contributed by atoms with Crippen LogP contribution in [0.3, 0.4) is 0 Å². The summed E-state index contributed by atoms with van der Waals surface area (Å²) >= 11 is 0. The topological polar surface area (TPSA) is 82.0 Å². The van der Waals surface area contributed by atoms with E-state index in [-0.39, 0.29) is 6.04 Å². The molecule has 0 aliphatic heterocycles. The highest BCUT2D eigenvalue weighted by molar-refractivity contribution is 5.32. The van der Waals surface area contributed by atoms with Gasteiger partial charge in [0.15, 0.2) is 5.65 Å². The first-order valence-corrected chi connectivity index (χ1v) is 5.08. The fraction of sp³-hybridized carbons (Fsp3) is 0.556. The van der Waals surface area contributed by atoms with Crippen molar-refractivity contribution in [2.75, 3.05) is 0 Å². The van der Waals surface area contributed by atoms with Crippen molar-refractivity contribution in [3.63, 3.8) is 0 Å². The Morgan fingerprint density at radius 3 is 3.13 bits per heavy atom. The van der Waals surface area contributed by atoms with Crippen molar-refractivity contribution < 1.29 is 0 Å². The number of hydrogen-bond donors (Lipinski definition) is 1. The molecule has 0 aliphatic carbocycles. The van der Waals surface area contributed by atoms with Crippen LogP contribution in [0, 0.1) is 0 Å². The quantitative estimate of drug-likeness (QED) is 0.772. The van der Waals surface area contributed by atoms with Crippen molar-refractivity contribution in [1.82, 2.24) is 25.0 Å². The van der Waals surface area contributed by atoms with Gasteiger partial charge in [-0.2, -0.15) is 4.52 Å². The van der Waals surface area contributed by atoms with Gasteiger partial charge in [-0.15, -0.1) is 5.10 Å². The highest BCUT2D eigenvalue weighted by Gasteiger charge is 2.08. The van der Waals surface area contributed by atoms with Crippen molar-refractivity contribution >= 4 is 5.65 Å². The van der Waals surface area contributed by atoms with Crippen molar-refractivity contribution in [2.24, 2.45) is 5.73 Å². The molecule has 1 atom stereocenters. The number of nitrogens with zero attached hydrogens (tertiary/aromatic N) is 5. The van der Waals surface area contributed by atoms with Gasteiger partial charge in [0.25, 0.3) is 0 Å². The van der Waals surface area contributed by atoms with Crippen molar-refractivity contribution in [1.29, 1.82) is 0 Å². The molecule has 0 saturated heterocycles. The molecule has 0 radical (unpaired) electrons. The second-order valence-corrected chi connectivity index (χ2v) is 3.60. The van der Waals surface area contributed by atoms with Gasteiger partial charge >= 0.3 is 0 Å². The summed E-state index contributed by atoms with van der Waals surface area (Å²) in [5.41, 5.74) is 7.59. The molecule has 2 N–H and O–H groups in total. The minimum Gasteiger partial charge on any atom is -0.327 e. The van der Waals surface area contributed by atoms with Gasteiger partial charge in [-0.3, -0.25) is 4.98 Å². The fourth-order valence-corrected chi connectivity index (χ4v) is 1.60. The van der Waals surface area contributed by atoms with E-state index in [1.807, 2.05) is 0 Å². The summed E-state index contributed by atoms with van der Waals surface area (Å²) in [5.74, 6) is 0. The Bertz CT molecular complexity index is 437. The van der Waals surface area contributed by atoms with Crippen LogP contribution in [0.2, 0.25) is 0 Å². The predicted octanol–water partition coefficient (Wildman–Crippen LogP) is 0.189. The van der Waals surface area contributed by atoms with E-state index >= 15 is 0 Å². The maximum atomic E-state index is 5.97. The molecular formula is C9H14N6. The van der Waals surface area contributed by atoms with Gasteiger partial charge in [-0.25, -0.2) is 0 Å². The first kappa shape index (κ1) is 9.97. The zero-order chi connectivity index (χ0) is 10.7. The average Bonchev–Trinajstić information content (AvgIpc) is 2.67. The molecule has 0 spiro atoms. The van der Waals surface area contributed by atoms with Gasteiger partial charge in [0.05, 0.1) is 11.9 Å². The maximum Gasteiger partial charge on any atom is 0.197 e. The van der Waals surface area contributed by atoms with Gasteiger partial charge in [0.2, 0.25) is 0 Å². The van der Waals surface area contributed by atoms with Crippen LogP contribution in [-0.4, -0.2) is 31.1 Å². The second kappa shape index (κ2) is 4.31. The second-order valence-electron chi connectivity index (χ2n) is 3.60. The number of rotatable bonds is 4. The third-order valence-corrected chi connectivity index (χ3v) is 2.31. The Hall–Kier alpha value is -1.56. The van der Waals surface area contributed by atoms with E-state index in [4.69, 9.17) is 5.73 Å². The summed E-state index contributed by atoms with van der Waals surface area (Å²) in [4.78, 5) is 4.08. The molecule has 2 aromatic heterocycles. The molecule has 15 heavy (non-hydrogen) atoms. The highest BCUT2D eigenvalue weighted by atomic mass is 15.5. The van der Waals surface area contributed by atoms with Crippen molar-refractivity contribution in [3.8, 4) is 0 Å². The monoisotopic (exact) mass is 206 g/mol. The van der Waals surface area contributed by atoms with E-state index in [0.29, 0.717) is 5.65 Å². The number of hydrogen-bond acceptors (Lipinski definition) is 5. The van der Waals surface area contributed by atoms with Gasteiger partial charge < -0.3 is 5.73 Å². The van der Waals surface area contributed by atoms with Crippen LogP contribution in [0.15, 0.2) is 12.4 Å². The summed E-state index contributed by atoms with van der Waals surface area (Å²) < 4.78 is 1.68. The van der Waals surface area contributed by atoms with E-state index in [2.05, 4.69) is 27.4 Å². The van der Waals surface area contributed by atoms with Crippen LogP contribution in [-0.2, 0) is 6.42 Å². The summed E-state index contributed by atoms with van der Waals surface area (Å²) in [7, 11) is 0. The molecular weight excluding hydrogens is 192 g/mol. The number of nitrogens with two attached hydrogens (primary N) is 1. The number of aromatic nitrogens is 5. The van der Waals surface area contributed by atoms with Crippen molar-refractivity contribution in [3.05, 3.63) is 18.1 Å². The zero-order valence-corrected chi connectivity index (χ0v) is 8.67. The molecule has 1 unspecified atom stereocenters. The van der Waals surface area contributed by atoms with Crippen LogP contribution < -0.4 is 5.73 Å². The van der Waals surface area contributed by atoms with Crippen LogP contribution in [0.1, 0.15) is 25.5 Å². The summed E-state index contributed by atoms with van der Waals surface area (Å²) in [6.45, 7) is 2.12. The number of fused-ring (bicyclic) bond motifs is 1. The summed E-state index contributed by atoms with van der Waals surface area (Å²) in [6.07, 6.45) is 6.23. The Kier molecular flexibility index (Phi) is 2.86. The lowest BCUT2D eigenvalue weighted by Gasteiger charge is -2.09. The Morgan fingerprint density at radius 1 is 1.47 bits per heavy atom. The molecule has 0 aromatic carbocycles. The van der Waals surface area contributed by atoms with Gasteiger partial charge in [-0.05, 0) is 16.8 Å². The van der Waals surface area contributed by atoms with Crippen LogP contribution in [0.4, 0.5) is 0 Å². The lowest BCUT2D eigenvalue weighted by atomic mass is 10.1. The SMILES string of the molecule is CCCC(N)Cc1cncc2nnnn12. The van der Waals surface area contributed by atoms with Gasteiger partial charge in [0.1, 0.15) is 0 Å². The lowest BCUT2D eigenvalue weighted by Crippen LogP contribution is -2.23. The molecule has 2 rings (SSSR count). The molecule has 0 saturated carbocycles. The number of tetrazole rings is 1. The van der Waals surface area contributed by atoms with E-state index in [1.54, 1.807) is 16.9 Å². The molecule has 2 heterocycles. The standard InChI is InChI=1S/C9H14N6/c1-2-3-7(10)4-8-5-11-6-9-12-13-14-15(8)9/h5-7H,2-4,10H2,1H3. The first-order chi connectivity index (χ1) is 7.31. The predicted molar refractivity (Wildman–Crippen MR) is 55.2 cm³/mol. The van der Waals surface area contributed by atoms with E-state index < -0.39 is 0 Å². The van der Waals surface area contributed by atoms with E-state index in [9.17, 15) is 0 Å². The van der Waals surface area contributed by atoms with E-state index in [0.717, 1.165) is 25.0 Å². The summed E-state index contributed by atoms with van der Waals surface area (Å²) in [6, 6.07) is 0.145. The molecule has 0 fully saturated rings. The fourth-order valence-electron chi connectivity index (χ4n) is 1.60. The smallest absolute Gasteiger partial charge is 0.197 e. The third kappa shape index (κ3) is 2.10. The highest BCUT2D eigenvalue weighted by Crippen LogP contribution is 2.05. The van der Waals surface area contributed by atoms with Crippen molar-refractivity contribution in [2.45, 2.75) is 32.2 Å². The Balaban J connectivity index is 2.23. The zero-order valence-electron chi connectivity index (χ0n) is 8.67. The molecule has 2 aromatic rings. The Morgan fingerprint density at radius 2 is 2.33 bits per heavy atom. The minimum atomic E-state index is 0.145. The Labute approximate surface area is 87.5 Å². The van der Waals surface area contributed by atoms with Crippen LogP contribution in [0.25, 0.3) is 5.65 Å².